The molecule has 0 bridgehead atoms. The molecule has 0 fully saturated rings. The van der Waals surface area contributed by atoms with Gasteiger partial charge in [-0.25, -0.2) is 8.42 Å². The van der Waals surface area contributed by atoms with Crippen molar-refractivity contribution in [1.82, 2.24) is 9.62 Å². The number of nitrogens with one attached hydrogen (secondary N) is 1. The molecule has 138 valence electrons. The van der Waals surface area contributed by atoms with Crippen LogP contribution < -0.4 is 5.32 Å². The van der Waals surface area contributed by atoms with Gasteiger partial charge in [0.2, 0.25) is 15.9 Å². The predicted octanol–water partition coefficient (Wildman–Crippen LogP) is 2.76. The van der Waals surface area contributed by atoms with Gasteiger partial charge in [-0.1, -0.05) is 41.5 Å². The Labute approximate surface area is 151 Å². The fourth-order valence-corrected chi connectivity index (χ4v) is 3.66. The molecule has 0 aliphatic heterocycles. The predicted molar refractivity (Wildman–Crippen MR) is 101 cm³/mol. The van der Waals surface area contributed by atoms with Gasteiger partial charge in [-0.05, 0) is 44.6 Å². The van der Waals surface area contributed by atoms with E-state index < -0.39 is 10.0 Å². The van der Waals surface area contributed by atoms with E-state index in [0.717, 1.165) is 30.2 Å². The fourth-order valence-electron chi connectivity index (χ4n) is 2.88. The number of hydrogen-bond donors (Lipinski definition) is 1. The Kier molecular flexibility index (Phi) is 7.20. The molecule has 2 rings (SSSR count). The smallest absolute Gasteiger partial charge is 0.235 e. The Bertz CT molecular complexity index is 709. The molecular formula is C19H28N2O3S. The van der Waals surface area contributed by atoms with Gasteiger partial charge >= 0.3 is 0 Å². The Balaban J connectivity index is 1.86. The van der Waals surface area contributed by atoms with Crippen molar-refractivity contribution in [2.75, 3.05) is 19.3 Å². The molecule has 0 atom stereocenters. The van der Waals surface area contributed by atoms with Gasteiger partial charge < -0.3 is 5.32 Å². The van der Waals surface area contributed by atoms with Crippen LogP contribution in [0.4, 0.5) is 0 Å². The topological polar surface area (TPSA) is 66.5 Å². The van der Waals surface area contributed by atoms with Gasteiger partial charge in [0.05, 0.1) is 12.8 Å². The van der Waals surface area contributed by atoms with Gasteiger partial charge in [0.15, 0.2) is 0 Å². The quantitative estimate of drug-likeness (QED) is 0.721. The molecule has 1 amide bonds. The molecule has 1 aliphatic rings. The minimum Gasteiger partial charge on any atom is -0.351 e. The summed E-state index contributed by atoms with van der Waals surface area (Å²) in [5.74, 6) is -0.274. The molecular weight excluding hydrogens is 336 g/mol. The summed E-state index contributed by atoms with van der Waals surface area (Å²) in [5.41, 5.74) is 3.47. The van der Waals surface area contributed by atoms with Crippen LogP contribution >= 0.6 is 0 Å². The van der Waals surface area contributed by atoms with E-state index in [9.17, 15) is 13.2 Å². The first-order chi connectivity index (χ1) is 11.8. The number of nitrogens with zero attached hydrogens (tertiary/aromatic N) is 1. The van der Waals surface area contributed by atoms with Gasteiger partial charge in [-0.3, -0.25) is 4.79 Å². The van der Waals surface area contributed by atoms with Crippen molar-refractivity contribution in [2.45, 2.75) is 45.6 Å². The van der Waals surface area contributed by atoms with Crippen molar-refractivity contribution >= 4 is 15.9 Å². The van der Waals surface area contributed by atoms with Gasteiger partial charge in [-0.2, -0.15) is 4.31 Å². The van der Waals surface area contributed by atoms with E-state index in [1.54, 1.807) is 0 Å². The summed E-state index contributed by atoms with van der Waals surface area (Å²) in [6.07, 6.45) is 8.57. The zero-order valence-electron chi connectivity index (χ0n) is 15.1. The first kappa shape index (κ1) is 19.7. The second-order valence-corrected chi connectivity index (χ2v) is 8.70. The zero-order chi connectivity index (χ0) is 18.3. The number of allylic oxidation sites excluding steroid dienone is 1. The number of hydrogen-bond acceptors (Lipinski definition) is 3. The van der Waals surface area contributed by atoms with Gasteiger partial charge in [0, 0.05) is 13.1 Å². The zero-order valence-corrected chi connectivity index (χ0v) is 15.9. The van der Waals surface area contributed by atoms with Crippen molar-refractivity contribution in [1.29, 1.82) is 0 Å². The average Bonchev–Trinajstić information content (AvgIpc) is 2.58. The molecule has 5 nitrogen and oxygen atoms in total. The number of carbonyl (C=O) groups is 1. The maximum atomic E-state index is 12.2. The van der Waals surface area contributed by atoms with Gasteiger partial charge in [0.1, 0.15) is 0 Å². The van der Waals surface area contributed by atoms with Crippen LogP contribution in [0, 0.1) is 6.92 Å². The molecule has 25 heavy (non-hydrogen) atoms. The van der Waals surface area contributed by atoms with Crippen molar-refractivity contribution in [2.24, 2.45) is 0 Å². The van der Waals surface area contributed by atoms with Crippen LogP contribution in [0.5, 0.6) is 0 Å². The molecule has 1 aliphatic carbocycles. The van der Waals surface area contributed by atoms with E-state index in [0.29, 0.717) is 19.5 Å². The largest absolute Gasteiger partial charge is 0.351 e. The molecule has 0 saturated heterocycles. The van der Waals surface area contributed by atoms with Gasteiger partial charge in [-0.15, -0.1) is 0 Å². The van der Waals surface area contributed by atoms with Crippen molar-refractivity contribution < 1.29 is 13.2 Å². The highest BCUT2D eigenvalue weighted by molar-refractivity contribution is 7.88. The van der Waals surface area contributed by atoms with Crippen LogP contribution in [-0.4, -0.2) is 38.0 Å². The summed E-state index contributed by atoms with van der Waals surface area (Å²) >= 11 is 0. The Morgan fingerprint density at radius 2 is 1.92 bits per heavy atom. The van der Waals surface area contributed by atoms with E-state index in [2.05, 4.69) is 11.4 Å². The maximum absolute atomic E-state index is 12.2. The first-order valence-corrected chi connectivity index (χ1v) is 10.6. The fraction of sp³-hybridized carbons (Fsp3) is 0.526. The van der Waals surface area contributed by atoms with Crippen molar-refractivity contribution in [3.8, 4) is 0 Å². The number of benzene rings is 1. The SMILES string of the molecule is Cc1ccc(CNC(=O)CN(CCC2=CCCCC2)S(C)(=O)=O)cc1. The average molecular weight is 365 g/mol. The second-order valence-electron chi connectivity index (χ2n) is 6.72. The van der Waals surface area contributed by atoms with Crippen molar-refractivity contribution in [3.05, 3.63) is 47.0 Å². The van der Waals surface area contributed by atoms with Crippen LogP contribution in [0.2, 0.25) is 0 Å². The third-order valence-electron chi connectivity index (χ3n) is 4.47. The minimum atomic E-state index is -3.40. The highest BCUT2D eigenvalue weighted by atomic mass is 32.2. The molecule has 0 aromatic heterocycles. The summed E-state index contributed by atoms with van der Waals surface area (Å²) in [6, 6.07) is 7.89. The molecule has 1 aromatic carbocycles. The van der Waals surface area contributed by atoms with Crippen molar-refractivity contribution in [3.63, 3.8) is 0 Å². The van der Waals surface area contributed by atoms with Crippen LogP contribution in [0.3, 0.4) is 0 Å². The maximum Gasteiger partial charge on any atom is 0.235 e. The van der Waals surface area contributed by atoms with Crippen LogP contribution in [-0.2, 0) is 21.4 Å². The number of carbonyl (C=O) groups excluding carboxylic acids is 1. The third kappa shape index (κ3) is 7.00. The lowest BCUT2D eigenvalue weighted by molar-refractivity contribution is -0.121. The molecule has 1 N–H and O–H groups in total. The Morgan fingerprint density at radius 3 is 2.52 bits per heavy atom. The van der Waals surface area contributed by atoms with E-state index in [1.165, 1.54) is 22.7 Å². The second kappa shape index (κ2) is 9.15. The molecule has 0 unspecified atom stereocenters. The lowest BCUT2D eigenvalue weighted by Crippen LogP contribution is -2.40. The van der Waals surface area contributed by atoms with Crippen LogP contribution in [0.1, 0.15) is 43.2 Å². The molecule has 0 saturated carbocycles. The molecule has 1 aromatic rings. The molecule has 0 radical (unpaired) electrons. The summed E-state index contributed by atoms with van der Waals surface area (Å²) in [6.45, 7) is 2.65. The third-order valence-corrected chi connectivity index (χ3v) is 5.72. The van der Waals surface area contributed by atoms with Crippen LogP contribution in [0.25, 0.3) is 0 Å². The van der Waals surface area contributed by atoms with E-state index in [-0.39, 0.29) is 12.5 Å². The monoisotopic (exact) mass is 364 g/mol. The Hall–Kier alpha value is -1.66. The normalized spacial score (nSPS) is 15.1. The lowest BCUT2D eigenvalue weighted by Gasteiger charge is -2.21. The summed E-state index contributed by atoms with van der Waals surface area (Å²) < 4.78 is 25.2. The molecule has 0 heterocycles. The molecule has 6 heteroatoms. The summed E-state index contributed by atoms with van der Waals surface area (Å²) in [7, 11) is -3.40. The lowest BCUT2D eigenvalue weighted by atomic mass is 9.97. The number of aryl methyl sites for hydroxylation is 1. The molecule has 0 spiro atoms. The number of amides is 1. The highest BCUT2D eigenvalue weighted by Gasteiger charge is 2.20. The minimum absolute atomic E-state index is 0.127. The first-order valence-electron chi connectivity index (χ1n) is 8.80. The standard InChI is InChI=1S/C19H28N2O3S/c1-16-8-10-18(11-9-16)14-20-19(22)15-21(25(2,23)24)13-12-17-6-4-3-5-7-17/h6,8-11H,3-5,7,12-15H2,1-2H3,(H,20,22). The summed E-state index contributed by atoms with van der Waals surface area (Å²) in [4.78, 5) is 12.2. The van der Waals surface area contributed by atoms with E-state index in [1.807, 2.05) is 31.2 Å². The number of rotatable bonds is 8. The van der Waals surface area contributed by atoms with E-state index >= 15 is 0 Å². The summed E-state index contributed by atoms with van der Waals surface area (Å²) in [5, 5.41) is 2.80. The Morgan fingerprint density at radius 1 is 1.20 bits per heavy atom. The van der Waals surface area contributed by atoms with E-state index in [4.69, 9.17) is 0 Å². The highest BCUT2D eigenvalue weighted by Crippen LogP contribution is 2.20. The number of sulfonamides is 1. The van der Waals surface area contributed by atoms with Gasteiger partial charge in [0.25, 0.3) is 0 Å². The van der Waals surface area contributed by atoms with Crippen LogP contribution in [0.15, 0.2) is 35.9 Å².